The summed E-state index contributed by atoms with van der Waals surface area (Å²) in [6, 6.07) is 11.7. The Labute approximate surface area is 162 Å². The van der Waals surface area contributed by atoms with Crippen LogP contribution >= 0.6 is 0 Å². The summed E-state index contributed by atoms with van der Waals surface area (Å²) < 4.78 is 41.4. The third kappa shape index (κ3) is 3.70. The van der Waals surface area contributed by atoms with Crippen LogP contribution in [-0.2, 0) is 4.79 Å². The molecule has 2 N–H and O–H groups in total. The van der Waals surface area contributed by atoms with Crippen molar-refractivity contribution in [3.63, 3.8) is 0 Å². The minimum absolute atomic E-state index is 0.0222. The average molecular weight is 408 g/mol. The van der Waals surface area contributed by atoms with Crippen LogP contribution in [0.25, 0.3) is 0 Å². The molecule has 1 aliphatic rings. The lowest BCUT2D eigenvalue weighted by atomic mass is 9.70. The fraction of sp³-hybridized carbons (Fsp3) is 0.263. The molecule has 1 amide bonds. The largest absolute Gasteiger partial charge is 0.437 e. The highest BCUT2D eigenvalue weighted by molar-refractivity contribution is 6.00. The highest BCUT2D eigenvalue weighted by atomic mass is 19.4. The molecule has 3 atom stereocenters. The summed E-state index contributed by atoms with van der Waals surface area (Å²) in [4.78, 5) is 35.4. The van der Waals surface area contributed by atoms with Crippen LogP contribution in [0.4, 0.5) is 18.9 Å². The Hall–Kier alpha value is -3.27. The molecule has 1 fully saturated rings. The van der Waals surface area contributed by atoms with Gasteiger partial charge >= 0.3 is 6.18 Å². The molecular weight excluding hydrogens is 393 g/mol. The second kappa shape index (κ2) is 7.28. The van der Waals surface area contributed by atoms with Crippen molar-refractivity contribution in [3.8, 4) is 0 Å². The van der Waals surface area contributed by atoms with Crippen molar-refractivity contribution in [1.29, 1.82) is 0 Å². The van der Waals surface area contributed by atoms with E-state index in [4.69, 9.17) is 0 Å². The zero-order chi connectivity index (χ0) is 21.4. The van der Waals surface area contributed by atoms with Gasteiger partial charge in [0.25, 0.3) is 5.69 Å². The molecule has 0 saturated carbocycles. The number of nitro groups is 1. The van der Waals surface area contributed by atoms with Crippen LogP contribution in [-0.4, -0.2) is 33.6 Å². The number of ketones is 1. The number of hydrogen-bond acceptors (Lipinski definition) is 5. The number of hydrogen-bond donors (Lipinski definition) is 2. The average Bonchev–Trinajstić information content (AvgIpc) is 2.67. The number of non-ortho nitro benzene ring substituents is 1. The minimum atomic E-state index is -5.36. The van der Waals surface area contributed by atoms with Crippen molar-refractivity contribution < 1.29 is 32.8 Å². The van der Waals surface area contributed by atoms with Crippen molar-refractivity contribution in [2.75, 3.05) is 0 Å². The van der Waals surface area contributed by atoms with Crippen molar-refractivity contribution in [3.05, 3.63) is 75.8 Å². The molecule has 0 aliphatic carbocycles. The quantitative estimate of drug-likeness (QED) is 0.459. The number of nitrogens with zero attached hydrogens (tertiary/aromatic N) is 1. The van der Waals surface area contributed by atoms with E-state index in [2.05, 4.69) is 0 Å². The lowest BCUT2D eigenvalue weighted by Crippen LogP contribution is -2.69. The van der Waals surface area contributed by atoms with E-state index < -0.39 is 52.5 Å². The highest BCUT2D eigenvalue weighted by Gasteiger charge is 2.66. The molecule has 1 saturated heterocycles. The first-order valence-electron chi connectivity index (χ1n) is 8.48. The predicted molar refractivity (Wildman–Crippen MR) is 93.9 cm³/mol. The second-order valence-corrected chi connectivity index (χ2v) is 6.68. The summed E-state index contributed by atoms with van der Waals surface area (Å²) >= 11 is 0. The Kier molecular flexibility index (Phi) is 5.14. The van der Waals surface area contributed by atoms with E-state index in [-0.39, 0.29) is 11.1 Å². The van der Waals surface area contributed by atoms with Gasteiger partial charge in [0.2, 0.25) is 11.6 Å². The van der Waals surface area contributed by atoms with Crippen LogP contribution in [0.5, 0.6) is 0 Å². The molecule has 0 unspecified atom stereocenters. The molecule has 1 aliphatic heterocycles. The van der Waals surface area contributed by atoms with Gasteiger partial charge in [0.05, 0.1) is 10.8 Å². The normalized spacial score (nSPS) is 24.6. The molecule has 3 rings (SSSR count). The Morgan fingerprint density at radius 3 is 2.41 bits per heavy atom. The monoisotopic (exact) mass is 408 g/mol. The number of alkyl halides is 3. The number of rotatable bonds is 4. The first kappa shape index (κ1) is 20.5. The van der Waals surface area contributed by atoms with Crippen LogP contribution in [0.2, 0.25) is 0 Å². The first-order chi connectivity index (χ1) is 13.5. The number of carbonyl (C=O) groups excluding carboxylic acids is 2. The maximum Gasteiger partial charge on any atom is 0.437 e. The van der Waals surface area contributed by atoms with Gasteiger partial charge in [-0.25, -0.2) is 0 Å². The van der Waals surface area contributed by atoms with Gasteiger partial charge in [-0.3, -0.25) is 19.7 Å². The number of piperidine rings is 1. The maximum absolute atomic E-state index is 13.8. The zero-order valence-electron chi connectivity index (χ0n) is 14.7. The number of aliphatic hydroxyl groups is 1. The Morgan fingerprint density at radius 1 is 1.17 bits per heavy atom. The minimum Gasteiger partial charge on any atom is -0.363 e. The molecule has 0 spiro atoms. The van der Waals surface area contributed by atoms with Gasteiger partial charge in [0.1, 0.15) is 0 Å². The molecule has 0 bridgehead atoms. The Morgan fingerprint density at radius 2 is 1.83 bits per heavy atom. The fourth-order valence-electron chi connectivity index (χ4n) is 3.53. The number of nitro benzene ring substituents is 1. The topological polar surface area (TPSA) is 110 Å². The molecule has 152 valence electrons. The third-order valence-corrected chi connectivity index (χ3v) is 4.87. The fourth-order valence-corrected chi connectivity index (χ4v) is 3.53. The van der Waals surface area contributed by atoms with Gasteiger partial charge in [-0.15, -0.1) is 0 Å². The number of amides is 1. The van der Waals surface area contributed by atoms with Gasteiger partial charge in [-0.2, -0.15) is 13.2 Å². The van der Waals surface area contributed by atoms with Crippen molar-refractivity contribution in [2.45, 2.75) is 24.2 Å². The summed E-state index contributed by atoms with van der Waals surface area (Å²) in [6.07, 6.45) is -5.92. The number of benzene rings is 2. The molecular formula is C19H15F3N2O5. The number of halogens is 3. The Balaban J connectivity index is 2.18. The van der Waals surface area contributed by atoms with Crippen molar-refractivity contribution in [1.82, 2.24) is 5.32 Å². The molecule has 0 radical (unpaired) electrons. The van der Waals surface area contributed by atoms with Crippen LogP contribution in [0.1, 0.15) is 28.3 Å². The molecule has 2 aromatic rings. The van der Waals surface area contributed by atoms with Gasteiger partial charge in [-0.1, -0.05) is 42.5 Å². The van der Waals surface area contributed by atoms with Crippen LogP contribution in [0.15, 0.2) is 54.6 Å². The van der Waals surface area contributed by atoms with E-state index in [9.17, 15) is 38.0 Å². The van der Waals surface area contributed by atoms with Crippen LogP contribution < -0.4 is 5.32 Å². The number of nitrogens with one attached hydrogen (secondary N) is 1. The van der Waals surface area contributed by atoms with Crippen LogP contribution in [0, 0.1) is 16.0 Å². The lowest BCUT2D eigenvalue weighted by Gasteiger charge is -2.44. The van der Waals surface area contributed by atoms with Crippen molar-refractivity contribution in [2.24, 2.45) is 5.92 Å². The molecule has 10 heteroatoms. The summed E-state index contributed by atoms with van der Waals surface area (Å²) in [5, 5.41) is 23.0. The summed E-state index contributed by atoms with van der Waals surface area (Å²) in [6.45, 7) is 0. The maximum atomic E-state index is 13.8. The summed E-state index contributed by atoms with van der Waals surface area (Å²) in [5.41, 5.74) is -4.35. The molecule has 7 nitrogen and oxygen atoms in total. The van der Waals surface area contributed by atoms with Gasteiger partial charge in [0, 0.05) is 30.0 Å². The van der Waals surface area contributed by atoms with E-state index >= 15 is 0 Å². The smallest absolute Gasteiger partial charge is 0.363 e. The standard InChI is InChI=1S/C19H15F3N2O5/c20-19(21,22)18(27)16(17(26)11-5-2-1-3-6-11)14(10-15(25)23-18)12-7-4-8-13(9-12)24(28)29/h1-9,14,16,27H,10H2,(H,23,25)/t14-,16+,18-/m0/s1. The molecule has 0 aromatic heterocycles. The van der Waals surface area contributed by atoms with Gasteiger partial charge in [0.15, 0.2) is 5.78 Å². The van der Waals surface area contributed by atoms with E-state index in [1.165, 1.54) is 41.7 Å². The molecule has 29 heavy (non-hydrogen) atoms. The first-order valence-corrected chi connectivity index (χ1v) is 8.48. The molecule has 2 aromatic carbocycles. The van der Waals surface area contributed by atoms with Gasteiger partial charge < -0.3 is 10.4 Å². The second-order valence-electron chi connectivity index (χ2n) is 6.68. The van der Waals surface area contributed by atoms with Gasteiger partial charge in [-0.05, 0) is 5.56 Å². The summed E-state index contributed by atoms with van der Waals surface area (Å²) in [5.74, 6) is -5.73. The van der Waals surface area contributed by atoms with E-state index in [0.717, 1.165) is 12.1 Å². The Bertz CT molecular complexity index is 964. The van der Waals surface area contributed by atoms with E-state index in [0.29, 0.717) is 0 Å². The molecule has 1 heterocycles. The van der Waals surface area contributed by atoms with Crippen molar-refractivity contribution >= 4 is 17.4 Å². The zero-order valence-corrected chi connectivity index (χ0v) is 14.7. The third-order valence-electron chi connectivity index (χ3n) is 4.87. The SMILES string of the molecule is O=C1C[C@@H](c2cccc([N+](=O)[O-])c2)[C@H](C(=O)c2ccccc2)[C@](O)(C(F)(F)F)N1. The number of carbonyl (C=O) groups is 2. The van der Waals surface area contributed by atoms with E-state index in [1.807, 2.05) is 0 Å². The predicted octanol–water partition coefficient (Wildman–Crippen LogP) is 2.95. The lowest BCUT2D eigenvalue weighted by molar-refractivity contribution is -0.385. The number of Topliss-reactive ketones (excluding diaryl/α,β-unsaturated/α-hetero) is 1. The highest BCUT2D eigenvalue weighted by Crippen LogP contribution is 2.47. The summed E-state index contributed by atoms with van der Waals surface area (Å²) in [7, 11) is 0. The van der Waals surface area contributed by atoms with E-state index in [1.54, 1.807) is 6.07 Å². The van der Waals surface area contributed by atoms with Crippen LogP contribution in [0.3, 0.4) is 0 Å².